The van der Waals surface area contributed by atoms with Crippen molar-refractivity contribution in [1.29, 1.82) is 0 Å². The normalized spacial score (nSPS) is 13.8. The molecule has 0 spiro atoms. The van der Waals surface area contributed by atoms with Gasteiger partial charge >= 0.3 is 0 Å². The Labute approximate surface area is 76.8 Å². The van der Waals surface area contributed by atoms with E-state index in [-0.39, 0.29) is 0 Å². The van der Waals surface area contributed by atoms with Crippen LogP contribution in [-0.2, 0) is 0 Å². The fourth-order valence-corrected chi connectivity index (χ4v) is 1.30. The van der Waals surface area contributed by atoms with Gasteiger partial charge in [0.1, 0.15) is 0 Å². The molecule has 2 atom stereocenters. The third kappa shape index (κ3) is 5.87. The largest absolute Gasteiger partial charge is 0.107 e. The smallest absolute Gasteiger partial charge is 0.0125 e. The van der Waals surface area contributed by atoms with Crippen LogP contribution in [0.15, 0.2) is 0 Å². The van der Waals surface area contributed by atoms with Gasteiger partial charge in [-0.25, -0.2) is 0 Å². The lowest BCUT2D eigenvalue weighted by molar-refractivity contribution is 0.427. The predicted molar refractivity (Wildman–Crippen MR) is 52.8 cm³/mol. The standard InChI is InChI=1S/C12H17/c1-5-7-9-12(4)10-11(3)8-6-2/h11-12H,8-10H2,1,3-4H3. The molecule has 0 heteroatoms. The lowest BCUT2D eigenvalue weighted by Crippen LogP contribution is -2.01. The van der Waals surface area contributed by atoms with Gasteiger partial charge in [0.05, 0.1) is 0 Å². The maximum atomic E-state index is 6.84. The van der Waals surface area contributed by atoms with Crippen molar-refractivity contribution in [3.8, 4) is 17.8 Å². The highest BCUT2D eigenvalue weighted by Crippen LogP contribution is 2.16. The minimum absolute atomic E-state index is 0.580. The van der Waals surface area contributed by atoms with Crippen molar-refractivity contribution in [2.24, 2.45) is 11.8 Å². The van der Waals surface area contributed by atoms with Crippen LogP contribution < -0.4 is 0 Å². The first-order chi connectivity index (χ1) is 5.70. The molecule has 65 valence electrons. The van der Waals surface area contributed by atoms with Gasteiger partial charge in [0.25, 0.3) is 0 Å². The topological polar surface area (TPSA) is 0 Å². The summed E-state index contributed by atoms with van der Waals surface area (Å²) >= 11 is 0. The molecule has 0 aliphatic carbocycles. The molecule has 0 aliphatic heterocycles. The van der Waals surface area contributed by atoms with Crippen molar-refractivity contribution in [2.75, 3.05) is 0 Å². The van der Waals surface area contributed by atoms with Crippen LogP contribution in [0.5, 0.6) is 0 Å². The van der Waals surface area contributed by atoms with E-state index in [4.69, 9.17) is 6.42 Å². The Hall–Kier alpha value is -0.880. The Kier molecular flexibility index (Phi) is 6.31. The highest BCUT2D eigenvalue weighted by atomic mass is 14.1. The molecule has 0 saturated heterocycles. The summed E-state index contributed by atoms with van der Waals surface area (Å²) in [6, 6.07) is 0. The maximum absolute atomic E-state index is 6.84. The van der Waals surface area contributed by atoms with Crippen molar-refractivity contribution in [2.45, 2.75) is 40.0 Å². The fourth-order valence-electron chi connectivity index (χ4n) is 1.30. The van der Waals surface area contributed by atoms with Crippen molar-refractivity contribution < 1.29 is 0 Å². The molecule has 0 fully saturated rings. The summed E-state index contributed by atoms with van der Waals surface area (Å²) in [4.78, 5) is 0. The average Bonchev–Trinajstić information content (AvgIpc) is 2.01. The average molecular weight is 161 g/mol. The molecule has 0 aromatic heterocycles. The lowest BCUT2D eigenvalue weighted by atomic mass is 9.93. The van der Waals surface area contributed by atoms with Crippen LogP contribution in [0.2, 0.25) is 0 Å². The van der Waals surface area contributed by atoms with Gasteiger partial charge in [-0.05, 0) is 31.6 Å². The van der Waals surface area contributed by atoms with Crippen LogP contribution >= 0.6 is 0 Å². The minimum atomic E-state index is 0.580. The number of hydrogen-bond donors (Lipinski definition) is 0. The zero-order chi connectivity index (χ0) is 9.40. The zero-order valence-corrected chi connectivity index (χ0v) is 8.28. The van der Waals surface area contributed by atoms with Gasteiger partial charge in [-0.2, -0.15) is 0 Å². The number of rotatable bonds is 4. The van der Waals surface area contributed by atoms with E-state index in [1.54, 1.807) is 0 Å². The molecule has 0 aliphatic rings. The molecule has 0 aromatic carbocycles. The van der Waals surface area contributed by atoms with E-state index in [1.807, 2.05) is 6.92 Å². The third-order valence-electron chi connectivity index (χ3n) is 1.88. The van der Waals surface area contributed by atoms with Gasteiger partial charge in [0, 0.05) is 12.8 Å². The third-order valence-corrected chi connectivity index (χ3v) is 1.88. The van der Waals surface area contributed by atoms with E-state index in [2.05, 4.69) is 31.6 Å². The van der Waals surface area contributed by atoms with Crippen LogP contribution in [0.3, 0.4) is 0 Å². The van der Waals surface area contributed by atoms with Crippen molar-refractivity contribution in [3.63, 3.8) is 0 Å². The van der Waals surface area contributed by atoms with Crippen LogP contribution in [0.4, 0.5) is 0 Å². The molecule has 2 unspecified atom stereocenters. The van der Waals surface area contributed by atoms with E-state index < -0.39 is 0 Å². The monoisotopic (exact) mass is 161 g/mol. The van der Waals surface area contributed by atoms with E-state index in [0.29, 0.717) is 11.8 Å². The molecule has 0 rings (SSSR count). The Morgan fingerprint density at radius 3 is 2.25 bits per heavy atom. The zero-order valence-electron chi connectivity index (χ0n) is 8.28. The second kappa shape index (κ2) is 6.81. The fraction of sp³-hybridized carbons (Fsp3) is 0.667. The van der Waals surface area contributed by atoms with E-state index >= 15 is 0 Å². The molecule has 12 heavy (non-hydrogen) atoms. The quantitative estimate of drug-likeness (QED) is 0.556. The molecule has 0 aromatic rings. The molecular weight excluding hydrogens is 144 g/mol. The lowest BCUT2D eigenvalue weighted by Gasteiger charge is -2.12. The van der Waals surface area contributed by atoms with Crippen molar-refractivity contribution in [1.82, 2.24) is 0 Å². The summed E-state index contributed by atoms with van der Waals surface area (Å²) in [7, 11) is 0. The van der Waals surface area contributed by atoms with Gasteiger partial charge < -0.3 is 0 Å². The Balaban J connectivity index is 3.59. The van der Waals surface area contributed by atoms with Crippen LogP contribution in [0, 0.1) is 36.0 Å². The van der Waals surface area contributed by atoms with Crippen molar-refractivity contribution in [3.05, 3.63) is 6.42 Å². The predicted octanol–water partition coefficient (Wildman–Crippen LogP) is 3.04. The molecule has 0 amide bonds. The Bertz CT molecular complexity index is 196. The first-order valence-electron chi connectivity index (χ1n) is 4.49. The Morgan fingerprint density at radius 1 is 1.17 bits per heavy atom. The number of hydrogen-bond acceptors (Lipinski definition) is 0. The summed E-state index contributed by atoms with van der Waals surface area (Å²) in [5, 5.41) is 0. The maximum Gasteiger partial charge on any atom is 0.0125 e. The van der Waals surface area contributed by atoms with Crippen molar-refractivity contribution >= 4 is 0 Å². The molecular formula is C12H17. The van der Waals surface area contributed by atoms with E-state index in [9.17, 15) is 0 Å². The van der Waals surface area contributed by atoms with E-state index in [0.717, 1.165) is 19.3 Å². The van der Waals surface area contributed by atoms with Crippen LogP contribution in [0.1, 0.15) is 40.0 Å². The summed E-state index contributed by atoms with van der Waals surface area (Å²) in [6.45, 7) is 6.25. The van der Waals surface area contributed by atoms with E-state index in [1.165, 1.54) is 0 Å². The summed E-state index contributed by atoms with van der Waals surface area (Å²) in [5.41, 5.74) is 0. The molecule has 0 bridgehead atoms. The second-order valence-electron chi connectivity index (χ2n) is 3.46. The van der Waals surface area contributed by atoms with Gasteiger partial charge in [-0.1, -0.05) is 19.8 Å². The molecule has 0 heterocycles. The van der Waals surface area contributed by atoms with Crippen LogP contribution in [-0.4, -0.2) is 0 Å². The molecule has 0 saturated carbocycles. The molecule has 0 nitrogen and oxygen atoms in total. The first-order valence-corrected chi connectivity index (χ1v) is 4.49. The molecule has 1 radical (unpaired) electrons. The first kappa shape index (κ1) is 11.1. The van der Waals surface area contributed by atoms with Gasteiger partial charge in [0.15, 0.2) is 0 Å². The highest BCUT2D eigenvalue weighted by Gasteiger charge is 2.05. The second-order valence-corrected chi connectivity index (χ2v) is 3.46. The van der Waals surface area contributed by atoms with Gasteiger partial charge in [0.2, 0.25) is 0 Å². The Morgan fingerprint density at radius 2 is 1.75 bits per heavy atom. The van der Waals surface area contributed by atoms with Gasteiger partial charge in [-0.3, -0.25) is 0 Å². The summed E-state index contributed by atoms with van der Waals surface area (Å²) < 4.78 is 0. The minimum Gasteiger partial charge on any atom is -0.107 e. The highest BCUT2D eigenvalue weighted by molar-refractivity contribution is 4.96. The van der Waals surface area contributed by atoms with Gasteiger partial charge in [-0.15, -0.1) is 11.8 Å². The SMILES string of the molecule is [C]#CCC(C)CC(C)CC#CC. The molecule has 0 N–H and O–H groups in total. The summed E-state index contributed by atoms with van der Waals surface area (Å²) in [6.07, 6.45) is 9.76. The van der Waals surface area contributed by atoms with Crippen LogP contribution in [0.25, 0.3) is 0 Å². The summed E-state index contributed by atoms with van der Waals surface area (Å²) in [5.74, 6) is 9.66.